The average Bonchev–Trinajstić information content (AvgIpc) is 2.37. The van der Waals surface area contributed by atoms with Crippen LogP contribution >= 0.6 is 0 Å². The van der Waals surface area contributed by atoms with Crippen molar-refractivity contribution in [1.82, 2.24) is 5.32 Å². The minimum atomic E-state index is 0.252. The SMILES string of the molecule is [2H]CNCc1ccccc1-c1ccccc1C. The van der Waals surface area contributed by atoms with Crippen LogP contribution in [-0.2, 0) is 6.54 Å². The van der Waals surface area contributed by atoms with Gasteiger partial charge in [-0.1, -0.05) is 48.5 Å². The van der Waals surface area contributed by atoms with Gasteiger partial charge in [0.1, 0.15) is 0 Å². The third-order valence-corrected chi connectivity index (χ3v) is 2.77. The fourth-order valence-electron chi connectivity index (χ4n) is 1.95. The summed E-state index contributed by atoms with van der Waals surface area (Å²) < 4.78 is 7.16. The van der Waals surface area contributed by atoms with Gasteiger partial charge >= 0.3 is 0 Å². The fraction of sp³-hybridized carbons (Fsp3) is 0.200. The molecule has 0 aliphatic carbocycles. The Kier molecular flexibility index (Phi) is 2.97. The number of aryl methyl sites for hydroxylation is 1. The zero-order valence-corrected chi connectivity index (χ0v) is 9.53. The highest BCUT2D eigenvalue weighted by Crippen LogP contribution is 2.26. The molecular weight excluding hydrogens is 194 g/mol. The van der Waals surface area contributed by atoms with E-state index in [2.05, 4.69) is 54.7 Å². The van der Waals surface area contributed by atoms with Crippen molar-refractivity contribution in [3.63, 3.8) is 0 Å². The van der Waals surface area contributed by atoms with Crippen LogP contribution in [0.15, 0.2) is 48.5 Å². The highest BCUT2D eigenvalue weighted by Gasteiger charge is 2.05. The molecule has 0 aliphatic heterocycles. The molecule has 2 aromatic rings. The number of rotatable bonds is 3. The Morgan fingerprint density at radius 1 is 1.00 bits per heavy atom. The van der Waals surface area contributed by atoms with E-state index in [1.54, 1.807) is 0 Å². The van der Waals surface area contributed by atoms with Gasteiger partial charge in [-0.15, -0.1) is 0 Å². The van der Waals surface area contributed by atoms with E-state index in [4.69, 9.17) is 1.37 Å². The van der Waals surface area contributed by atoms with Gasteiger partial charge in [-0.05, 0) is 36.2 Å². The lowest BCUT2D eigenvalue weighted by Crippen LogP contribution is -2.06. The van der Waals surface area contributed by atoms with Crippen LogP contribution < -0.4 is 5.32 Å². The van der Waals surface area contributed by atoms with Crippen LogP contribution in [-0.4, -0.2) is 7.02 Å². The summed E-state index contributed by atoms with van der Waals surface area (Å²) in [4.78, 5) is 0. The molecule has 0 fully saturated rings. The Morgan fingerprint density at radius 2 is 1.69 bits per heavy atom. The van der Waals surface area contributed by atoms with Crippen molar-refractivity contribution < 1.29 is 1.37 Å². The van der Waals surface area contributed by atoms with Crippen LogP contribution in [0.2, 0.25) is 0 Å². The first-order chi connectivity index (χ1) is 8.33. The van der Waals surface area contributed by atoms with Gasteiger partial charge in [-0.2, -0.15) is 0 Å². The molecule has 0 spiro atoms. The summed E-state index contributed by atoms with van der Waals surface area (Å²) in [5.74, 6) is 0. The first-order valence-corrected chi connectivity index (χ1v) is 5.47. The van der Waals surface area contributed by atoms with E-state index < -0.39 is 0 Å². The molecule has 0 radical (unpaired) electrons. The smallest absolute Gasteiger partial charge is 0.0391 e. The summed E-state index contributed by atoms with van der Waals surface area (Å²) in [6.07, 6.45) is 0. The Morgan fingerprint density at radius 3 is 2.44 bits per heavy atom. The van der Waals surface area contributed by atoms with Gasteiger partial charge < -0.3 is 5.32 Å². The van der Waals surface area contributed by atoms with Crippen LogP contribution in [0.25, 0.3) is 11.1 Å². The normalized spacial score (nSPS) is 11.2. The molecule has 16 heavy (non-hydrogen) atoms. The highest BCUT2D eigenvalue weighted by atomic mass is 14.8. The van der Waals surface area contributed by atoms with Gasteiger partial charge in [0, 0.05) is 7.92 Å². The zero-order chi connectivity index (χ0) is 12.1. The summed E-state index contributed by atoms with van der Waals surface area (Å²) in [6.45, 7) is 2.87. The predicted molar refractivity (Wildman–Crippen MR) is 69.4 cm³/mol. The van der Waals surface area contributed by atoms with Gasteiger partial charge in [0.05, 0.1) is 0 Å². The van der Waals surface area contributed by atoms with E-state index in [-0.39, 0.29) is 7.02 Å². The molecule has 1 nitrogen and oxygen atoms in total. The molecule has 0 aromatic heterocycles. The second-order valence-electron chi connectivity index (χ2n) is 3.90. The zero-order valence-electron chi connectivity index (χ0n) is 10.5. The molecule has 0 unspecified atom stereocenters. The van der Waals surface area contributed by atoms with E-state index in [9.17, 15) is 0 Å². The van der Waals surface area contributed by atoms with Gasteiger partial charge in [-0.25, -0.2) is 0 Å². The summed E-state index contributed by atoms with van der Waals surface area (Å²) in [6, 6.07) is 16.8. The maximum atomic E-state index is 7.16. The van der Waals surface area contributed by atoms with Gasteiger partial charge in [0.2, 0.25) is 0 Å². The average molecular weight is 212 g/mol. The summed E-state index contributed by atoms with van der Waals surface area (Å²) in [7, 11) is 0.252. The van der Waals surface area contributed by atoms with E-state index in [0.717, 1.165) is 6.54 Å². The first-order valence-electron chi connectivity index (χ1n) is 6.17. The Bertz CT molecular complexity index is 494. The molecule has 0 atom stereocenters. The molecule has 2 aromatic carbocycles. The molecule has 0 bridgehead atoms. The lowest BCUT2D eigenvalue weighted by Gasteiger charge is -2.11. The summed E-state index contributed by atoms with van der Waals surface area (Å²) >= 11 is 0. The minimum absolute atomic E-state index is 0.252. The Balaban J connectivity index is 2.41. The number of nitrogens with one attached hydrogen (secondary N) is 1. The van der Waals surface area contributed by atoms with Gasteiger partial charge in [0.25, 0.3) is 0 Å². The number of benzene rings is 2. The van der Waals surface area contributed by atoms with Crippen LogP contribution in [0.5, 0.6) is 0 Å². The fourth-order valence-corrected chi connectivity index (χ4v) is 1.95. The van der Waals surface area contributed by atoms with E-state index in [0.29, 0.717) is 0 Å². The van der Waals surface area contributed by atoms with Crippen molar-refractivity contribution in [3.8, 4) is 11.1 Å². The molecule has 0 heterocycles. The van der Waals surface area contributed by atoms with Crippen LogP contribution in [0.3, 0.4) is 0 Å². The third kappa shape index (κ3) is 2.15. The van der Waals surface area contributed by atoms with Gasteiger partial charge in [0.15, 0.2) is 0 Å². The predicted octanol–water partition coefficient (Wildman–Crippen LogP) is 3.38. The molecule has 1 heteroatoms. The minimum Gasteiger partial charge on any atom is -0.316 e. The second kappa shape index (κ2) is 4.95. The molecule has 0 saturated heterocycles. The molecule has 0 aliphatic rings. The molecule has 0 amide bonds. The maximum Gasteiger partial charge on any atom is 0.0391 e. The van der Waals surface area contributed by atoms with E-state index >= 15 is 0 Å². The molecule has 2 rings (SSSR count). The molecule has 1 N–H and O–H groups in total. The van der Waals surface area contributed by atoms with Crippen molar-refractivity contribution in [2.45, 2.75) is 13.5 Å². The lowest BCUT2D eigenvalue weighted by atomic mass is 9.96. The maximum absolute atomic E-state index is 7.16. The molecule has 0 saturated carbocycles. The number of hydrogen-bond donors (Lipinski definition) is 1. The largest absolute Gasteiger partial charge is 0.316 e. The third-order valence-electron chi connectivity index (χ3n) is 2.77. The first kappa shape index (κ1) is 9.61. The van der Waals surface area contributed by atoms with Gasteiger partial charge in [-0.3, -0.25) is 0 Å². The molecule has 82 valence electrons. The van der Waals surface area contributed by atoms with E-state index in [1.165, 1.54) is 22.3 Å². The Labute approximate surface area is 98.5 Å². The van der Waals surface area contributed by atoms with Crippen molar-refractivity contribution in [2.75, 3.05) is 7.02 Å². The van der Waals surface area contributed by atoms with Crippen molar-refractivity contribution in [1.29, 1.82) is 0 Å². The lowest BCUT2D eigenvalue weighted by molar-refractivity contribution is 0.819. The topological polar surface area (TPSA) is 12.0 Å². The van der Waals surface area contributed by atoms with Crippen LogP contribution in [0.1, 0.15) is 12.5 Å². The van der Waals surface area contributed by atoms with Crippen molar-refractivity contribution >= 4 is 0 Å². The van der Waals surface area contributed by atoms with E-state index in [1.807, 2.05) is 6.07 Å². The molecular formula is C15H17N. The number of hydrogen-bond acceptors (Lipinski definition) is 1. The van der Waals surface area contributed by atoms with Crippen LogP contribution in [0.4, 0.5) is 0 Å². The highest BCUT2D eigenvalue weighted by molar-refractivity contribution is 5.70. The summed E-state index contributed by atoms with van der Waals surface area (Å²) in [5.41, 5.74) is 5.06. The quantitative estimate of drug-likeness (QED) is 0.822. The standard InChI is InChI=1S/C15H17N/c1-12-7-3-5-9-14(12)15-10-6-4-8-13(15)11-16-2/h3-10,16H,11H2,1-2H3/i2D. The van der Waals surface area contributed by atoms with Crippen molar-refractivity contribution in [2.24, 2.45) is 0 Å². The van der Waals surface area contributed by atoms with Crippen LogP contribution in [0, 0.1) is 6.92 Å². The van der Waals surface area contributed by atoms with Crippen molar-refractivity contribution in [3.05, 3.63) is 59.7 Å². The Hall–Kier alpha value is -1.60. The second-order valence-corrected chi connectivity index (χ2v) is 3.90. The summed E-state index contributed by atoms with van der Waals surface area (Å²) in [5, 5.41) is 3.06. The monoisotopic (exact) mass is 212 g/mol.